The van der Waals surface area contributed by atoms with Gasteiger partial charge in [0, 0.05) is 16.4 Å². The van der Waals surface area contributed by atoms with Gasteiger partial charge in [0.15, 0.2) is 0 Å². The molecule has 5 heteroatoms. The number of hydrogen-bond donors (Lipinski definition) is 1. The Kier molecular flexibility index (Phi) is 6.78. The van der Waals surface area contributed by atoms with Gasteiger partial charge in [-0.2, -0.15) is 0 Å². The van der Waals surface area contributed by atoms with Crippen molar-refractivity contribution in [2.75, 3.05) is 0 Å². The third-order valence-corrected chi connectivity index (χ3v) is 9.02. The molecule has 198 valence electrons. The summed E-state index contributed by atoms with van der Waals surface area (Å²) in [6, 6.07) is 31.7. The first-order valence-electron chi connectivity index (χ1n) is 13.4. The Labute approximate surface area is 233 Å². The molecular weight excluding hydrogens is 511 g/mol. The van der Waals surface area contributed by atoms with E-state index in [2.05, 4.69) is 12.1 Å². The van der Waals surface area contributed by atoms with Crippen molar-refractivity contribution in [1.29, 1.82) is 0 Å². The Hall–Kier alpha value is -3.47. The Bertz CT molecular complexity index is 1440. The lowest BCUT2D eigenvalue weighted by Gasteiger charge is -2.58. The predicted molar refractivity (Wildman–Crippen MR) is 150 cm³/mol. The van der Waals surface area contributed by atoms with E-state index >= 15 is 0 Å². The molecule has 3 nitrogen and oxygen atoms in total. The summed E-state index contributed by atoms with van der Waals surface area (Å²) in [4.78, 5) is 13.9. The van der Waals surface area contributed by atoms with Crippen LogP contribution >= 0.6 is 11.6 Å². The number of halogens is 2. The second-order valence-electron chi connectivity index (χ2n) is 10.9. The summed E-state index contributed by atoms with van der Waals surface area (Å²) in [7, 11) is 0. The molecule has 4 aromatic carbocycles. The molecule has 2 aliphatic rings. The van der Waals surface area contributed by atoms with Crippen LogP contribution in [0.15, 0.2) is 103 Å². The number of benzene rings is 4. The van der Waals surface area contributed by atoms with Crippen LogP contribution in [0.5, 0.6) is 5.75 Å². The molecule has 1 spiro atoms. The highest BCUT2D eigenvalue weighted by atomic mass is 35.5. The average Bonchev–Trinajstić information content (AvgIpc) is 2.97. The van der Waals surface area contributed by atoms with Gasteiger partial charge in [-0.3, -0.25) is 4.79 Å². The molecule has 2 atom stereocenters. The largest absolute Gasteiger partial charge is 0.489 e. The molecule has 2 aliphatic carbocycles. The molecule has 2 fully saturated rings. The Balaban J connectivity index is 1.27. The van der Waals surface area contributed by atoms with Gasteiger partial charge >= 0.3 is 0 Å². The molecule has 4 aromatic rings. The van der Waals surface area contributed by atoms with Crippen molar-refractivity contribution in [3.8, 4) is 5.75 Å². The smallest absolute Gasteiger partial charge is 0.147 e. The van der Waals surface area contributed by atoms with Crippen molar-refractivity contribution >= 4 is 17.4 Å². The summed E-state index contributed by atoms with van der Waals surface area (Å²) in [5.74, 6) is 0.224. The van der Waals surface area contributed by atoms with Crippen molar-refractivity contribution in [2.45, 2.75) is 49.7 Å². The van der Waals surface area contributed by atoms with Crippen LogP contribution in [0.1, 0.15) is 59.8 Å². The van der Waals surface area contributed by atoms with Gasteiger partial charge in [-0.05, 0) is 84.3 Å². The van der Waals surface area contributed by atoms with Gasteiger partial charge in [-0.25, -0.2) is 4.39 Å². The fourth-order valence-electron chi connectivity index (χ4n) is 6.59. The van der Waals surface area contributed by atoms with Gasteiger partial charge in [-0.15, -0.1) is 0 Å². The molecule has 0 aromatic heterocycles. The van der Waals surface area contributed by atoms with Crippen LogP contribution in [0.2, 0.25) is 5.02 Å². The van der Waals surface area contributed by atoms with Crippen molar-refractivity contribution in [3.05, 3.63) is 136 Å². The van der Waals surface area contributed by atoms with Crippen molar-refractivity contribution < 1.29 is 19.0 Å². The van der Waals surface area contributed by atoms with E-state index in [1.54, 1.807) is 24.3 Å². The van der Waals surface area contributed by atoms with E-state index in [0.717, 1.165) is 28.0 Å². The first kappa shape index (κ1) is 25.8. The zero-order valence-corrected chi connectivity index (χ0v) is 22.3. The molecule has 2 unspecified atom stereocenters. The molecule has 0 bridgehead atoms. The summed E-state index contributed by atoms with van der Waals surface area (Å²) in [6.45, 7) is 0.480. The number of carbonyl (C=O) groups is 1. The molecule has 2 saturated carbocycles. The van der Waals surface area contributed by atoms with Crippen LogP contribution in [0.4, 0.5) is 4.39 Å². The maximum Gasteiger partial charge on any atom is 0.147 e. The maximum absolute atomic E-state index is 13.9. The number of aliphatic hydroxyl groups is 1. The second-order valence-corrected chi connectivity index (χ2v) is 11.3. The van der Waals surface area contributed by atoms with Crippen LogP contribution in [0, 0.1) is 11.2 Å². The van der Waals surface area contributed by atoms with E-state index in [9.17, 15) is 14.3 Å². The van der Waals surface area contributed by atoms with E-state index in [1.807, 2.05) is 54.6 Å². The van der Waals surface area contributed by atoms with E-state index in [-0.39, 0.29) is 23.4 Å². The molecule has 0 heterocycles. The fraction of sp³-hybridized carbons (Fsp3) is 0.265. The number of ketones is 1. The number of hydrogen-bond acceptors (Lipinski definition) is 3. The number of ether oxygens (including phenoxy) is 1. The third kappa shape index (κ3) is 4.77. The summed E-state index contributed by atoms with van der Waals surface area (Å²) < 4.78 is 19.7. The van der Waals surface area contributed by atoms with E-state index in [0.29, 0.717) is 37.3 Å². The quantitative estimate of drug-likeness (QED) is 0.270. The molecule has 0 radical (unpaired) electrons. The number of Topliss-reactive ketones (excluding diaryl/α,β-unsaturated/α-hetero) is 1. The molecular formula is C34H30ClFO3. The van der Waals surface area contributed by atoms with Crippen molar-refractivity contribution in [3.63, 3.8) is 0 Å². The summed E-state index contributed by atoms with van der Waals surface area (Å²) in [6.07, 6.45) is 2.15. The van der Waals surface area contributed by atoms with Gasteiger partial charge in [-0.1, -0.05) is 78.3 Å². The number of carbonyl (C=O) groups excluding carboxylic acids is 1. The Morgan fingerprint density at radius 3 is 2.05 bits per heavy atom. The summed E-state index contributed by atoms with van der Waals surface area (Å²) >= 11 is 6.07. The van der Waals surface area contributed by atoms with Gasteiger partial charge in [0.25, 0.3) is 0 Å². The molecule has 6 rings (SSSR count). The topological polar surface area (TPSA) is 46.5 Å². The molecule has 0 aliphatic heterocycles. The van der Waals surface area contributed by atoms with Gasteiger partial charge < -0.3 is 9.84 Å². The number of rotatable bonds is 6. The zero-order valence-electron chi connectivity index (χ0n) is 21.5. The van der Waals surface area contributed by atoms with Crippen LogP contribution < -0.4 is 4.74 Å². The molecule has 1 N–H and O–H groups in total. The third-order valence-electron chi connectivity index (χ3n) is 8.77. The SMILES string of the molecule is O=C1C(c2ccc(F)cc2)C(c2ccc(OCc3ccccc3)cc2)C12CCC(O)(c1ccc(Cl)cc1)CC2. The van der Waals surface area contributed by atoms with Crippen LogP contribution in [0.25, 0.3) is 0 Å². The summed E-state index contributed by atoms with van der Waals surface area (Å²) in [5, 5.41) is 12.1. The van der Waals surface area contributed by atoms with Crippen LogP contribution in [-0.2, 0) is 17.0 Å². The normalized spacial score (nSPS) is 26.3. The minimum Gasteiger partial charge on any atom is -0.489 e. The minimum atomic E-state index is -0.989. The first-order valence-corrected chi connectivity index (χ1v) is 13.8. The molecule has 0 saturated heterocycles. The lowest BCUT2D eigenvalue weighted by Crippen LogP contribution is -2.57. The van der Waals surface area contributed by atoms with Gasteiger partial charge in [0.2, 0.25) is 0 Å². The van der Waals surface area contributed by atoms with E-state index in [1.165, 1.54) is 12.1 Å². The van der Waals surface area contributed by atoms with Crippen LogP contribution in [0.3, 0.4) is 0 Å². The highest BCUT2D eigenvalue weighted by Crippen LogP contribution is 2.66. The van der Waals surface area contributed by atoms with Crippen molar-refractivity contribution in [2.24, 2.45) is 5.41 Å². The summed E-state index contributed by atoms with van der Waals surface area (Å²) in [5.41, 5.74) is 2.27. The van der Waals surface area contributed by atoms with E-state index in [4.69, 9.17) is 16.3 Å². The van der Waals surface area contributed by atoms with Gasteiger partial charge in [0.05, 0.1) is 11.5 Å². The maximum atomic E-state index is 13.9. The fourth-order valence-corrected chi connectivity index (χ4v) is 6.72. The Morgan fingerprint density at radius 2 is 1.41 bits per heavy atom. The second kappa shape index (κ2) is 10.3. The predicted octanol–water partition coefficient (Wildman–Crippen LogP) is 7.96. The average molecular weight is 541 g/mol. The first-order chi connectivity index (χ1) is 18.9. The highest BCUT2D eigenvalue weighted by Gasteiger charge is 2.64. The standard InChI is InChI=1S/C34H30ClFO3/c35-27-12-10-26(11-13-27)34(38)20-18-33(19-21-34)31(30(32(33)37)24-6-14-28(36)15-7-24)25-8-16-29(17-9-25)39-22-23-4-2-1-3-5-23/h1-17,30-31,38H,18-22H2. The molecule has 0 amide bonds. The van der Waals surface area contributed by atoms with Gasteiger partial charge in [0.1, 0.15) is 24.0 Å². The minimum absolute atomic E-state index is 0.0617. The highest BCUT2D eigenvalue weighted by molar-refractivity contribution is 6.30. The lowest BCUT2D eigenvalue weighted by atomic mass is 9.44. The molecule has 39 heavy (non-hydrogen) atoms. The monoisotopic (exact) mass is 540 g/mol. The van der Waals surface area contributed by atoms with Crippen LogP contribution in [-0.4, -0.2) is 10.9 Å². The van der Waals surface area contributed by atoms with Crippen molar-refractivity contribution in [1.82, 2.24) is 0 Å². The van der Waals surface area contributed by atoms with E-state index < -0.39 is 11.0 Å². The zero-order chi connectivity index (χ0) is 27.0. The lowest BCUT2D eigenvalue weighted by molar-refractivity contribution is -0.154. The Morgan fingerprint density at radius 1 is 0.795 bits per heavy atom.